The quantitative estimate of drug-likeness (QED) is 0.184. The highest BCUT2D eigenvalue weighted by Gasteiger charge is 2.15. The van der Waals surface area contributed by atoms with E-state index in [1.807, 2.05) is 18.2 Å². The third-order valence-electron chi connectivity index (χ3n) is 6.56. The van der Waals surface area contributed by atoms with Gasteiger partial charge in [-0.3, -0.25) is 0 Å². The molecule has 180 valence electrons. The molecule has 0 N–H and O–H groups in total. The third-order valence-corrected chi connectivity index (χ3v) is 7.11. The molecule has 0 aliphatic rings. The van der Waals surface area contributed by atoms with E-state index in [-0.39, 0.29) is 0 Å². The van der Waals surface area contributed by atoms with Gasteiger partial charge in [0.15, 0.2) is 0 Å². The predicted octanol–water partition coefficient (Wildman–Crippen LogP) is 10.5. The fraction of sp³-hybridized carbons (Fsp3) is 0.552. The first-order valence-corrected chi connectivity index (χ1v) is 13.9. The van der Waals surface area contributed by atoms with Crippen LogP contribution in [0.4, 0.5) is 0 Å². The van der Waals surface area contributed by atoms with Gasteiger partial charge in [-0.1, -0.05) is 126 Å². The Balaban J connectivity index is 1.39. The molecule has 33 heavy (non-hydrogen) atoms. The zero-order valence-corrected chi connectivity index (χ0v) is 21.8. The smallest absolute Gasteiger partial charge is 0.142 e. The van der Waals surface area contributed by atoms with E-state index in [2.05, 4.69) is 29.7 Å². The van der Waals surface area contributed by atoms with E-state index in [9.17, 15) is 0 Å². The Morgan fingerprint density at radius 2 is 1.27 bits per heavy atom. The summed E-state index contributed by atoms with van der Waals surface area (Å²) in [5.41, 5.74) is 3.14. The van der Waals surface area contributed by atoms with Gasteiger partial charge >= 0.3 is 0 Å². The minimum absolute atomic E-state index is 0.651. The van der Waals surface area contributed by atoms with Gasteiger partial charge in [0.1, 0.15) is 5.82 Å². The highest BCUT2D eigenvalue weighted by molar-refractivity contribution is 6.36. The van der Waals surface area contributed by atoms with Crippen molar-refractivity contribution in [1.82, 2.24) is 9.55 Å². The van der Waals surface area contributed by atoms with Crippen LogP contribution < -0.4 is 0 Å². The molecule has 4 heteroatoms. The summed E-state index contributed by atoms with van der Waals surface area (Å²) >= 11 is 12.6. The molecule has 0 atom stereocenters. The van der Waals surface area contributed by atoms with Crippen molar-refractivity contribution in [3.8, 4) is 11.4 Å². The Labute approximate surface area is 210 Å². The molecule has 0 bridgehead atoms. The molecule has 1 heterocycles. The molecule has 0 aliphatic heterocycles. The van der Waals surface area contributed by atoms with Crippen molar-refractivity contribution < 1.29 is 0 Å². The molecule has 0 radical (unpaired) electrons. The van der Waals surface area contributed by atoms with Crippen LogP contribution in [0.1, 0.15) is 96.8 Å². The minimum Gasteiger partial charge on any atom is -0.324 e. The number of rotatable bonds is 16. The highest BCUT2D eigenvalue weighted by atomic mass is 35.5. The third kappa shape index (κ3) is 8.34. The van der Waals surface area contributed by atoms with Gasteiger partial charge in [0.25, 0.3) is 0 Å². The summed E-state index contributed by atoms with van der Waals surface area (Å²) in [4.78, 5) is 4.89. The first-order chi connectivity index (χ1) is 16.2. The number of unbranched alkanes of at least 4 members (excludes halogenated alkanes) is 13. The second-order valence-electron chi connectivity index (χ2n) is 9.30. The number of hydrogen-bond acceptors (Lipinski definition) is 1. The summed E-state index contributed by atoms with van der Waals surface area (Å²) in [7, 11) is 0. The minimum atomic E-state index is 0.651. The molecule has 3 aromatic rings. The van der Waals surface area contributed by atoms with Crippen LogP contribution in [0.2, 0.25) is 10.0 Å². The first kappa shape index (κ1) is 26.1. The molecule has 0 unspecified atom stereocenters. The van der Waals surface area contributed by atoms with Gasteiger partial charge in [-0.25, -0.2) is 4.98 Å². The maximum Gasteiger partial charge on any atom is 0.142 e. The van der Waals surface area contributed by atoms with Gasteiger partial charge in [-0.05, 0) is 36.8 Å². The van der Waals surface area contributed by atoms with Crippen molar-refractivity contribution in [1.29, 1.82) is 0 Å². The number of imidazole rings is 1. The Hall–Kier alpha value is -1.51. The zero-order valence-electron chi connectivity index (χ0n) is 20.3. The lowest BCUT2D eigenvalue weighted by atomic mass is 10.0. The summed E-state index contributed by atoms with van der Waals surface area (Å²) in [5.74, 6) is 0.938. The first-order valence-electron chi connectivity index (χ1n) is 13.1. The number of hydrogen-bond donors (Lipinski definition) is 0. The van der Waals surface area contributed by atoms with Crippen molar-refractivity contribution in [2.45, 2.75) is 103 Å². The largest absolute Gasteiger partial charge is 0.324 e. The fourth-order valence-corrected chi connectivity index (χ4v) is 5.14. The summed E-state index contributed by atoms with van der Waals surface area (Å²) in [6.45, 7) is 3.25. The Kier molecular flexibility index (Phi) is 11.6. The number of halogens is 2. The number of aryl methyl sites for hydroxylation is 1. The van der Waals surface area contributed by atoms with Crippen LogP contribution in [0.15, 0.2) is 42.5 Å². The lowest BCUT2D eigenvalue weighted by Gasteiger charge is -2.11. The molecule has 0 saturated carbocycles. The Bertz CT molecular complexity index is 963. The average Bonchev–Trinajstić information content (AvgIpc) is 3.17. The van der Waals surface area contributed by atoms with Crippen LogP contribution in [-0.2, 0) is 6.54 Å². The van der Waals surface area contributed by atoms with Gasteiger partial charge in [0.05, 0.1) is 16.1 Å². The SMILES string of the molecule is CCCCCCCCCCCCCCCCn1c(-c2ccc(Cl)cc2Cl)nc2ccccc21. The van der Waals surface area contributed by atoms with Crippen LogP contribution in [0.5, 0.6) is 0 Å². The van der Waals surface area contributed by atoms with Crippen molar-refractivity contribution in [3.05, 3.63) is 52.5 Å². The molecule has 0 amide bonds. The number of nitrogens with zero attached hydrogens (tertiary/aromatic N) is 2. The van der Waals surface area contributed by atoms with Gasteiger partial charge in [-0.15, -0.1) is 0 Å². The zero-order chi connectivity index (χ0) is 23.3. The van der Waals surface area contributed by atoms with Crippen LogP contribution in [0, 0.1) is 0 Å². The fourth-order valence-electron chi connectivity index (χ4n) is 4.64. The number of para-hydroxylation sites is 2. The monoisotopic (exact) mass is 486 g/mol. The molecule has 2 nitrogen and oxygen atoms in total. The average molecular weight is 488 g/mol. The molecule has 0 aliphatic carbocycles. The standard InChI is InChI=1S/C29H40Cl2N2/c1-2-3-4-5-6-7-8-9-10-11-12-13-14-17-22-33-28-19-16-15-18-27(28)32-29(33)25-21-20-24(30)23-26(25)31/h15-16,18-21,23H,2-14,17,22H2,1H3. The van der Waals surface area contributed by atoms with Crippen LogP contribution in [0.25, 0.3) is 22.4 Å². The molecule has 0 fully saturated rings. The van der Waals surface area contributed by atoms with Crippen molar-refractivity contribution in [2.24, 2.45) is 0 Å². The topological polar surface area (TPSA) is 17.8 Å². The normalized spacial score (nSPS) is 11.5. The second kappa shape index (κ2) is 14.7. The number of fused-ring (bicyclic) bond motifs is 1. The Morgan fingerprint density at radius 3 is 1.88 bits per heavy atom. The van der Waals surface area contributed by atoms with Crippen LogP contribution in [0.3, 0.4) is 0 Å². The summed E-state index contributed by atoms with van der Waals surface area (Å²) in [6.07, 6.45) is 19.2. The lowest BCUT2D eigenvalue weighted by Crippen LogP contribution is -2.01. The molecular weight excluding hydrogens is 447 g/mol. The summed E-state index contributed by atoms with van der Waals surface area (Å²) in [5, 5.41) is 1.30. The maximum absolute atomic E-state index is 6.52. The summed E-state index contributed by atoms with van der Waals surface area (Å²) < 4.78 is 2.32. The van der Waals surface area contributed by atoms with Crippen molar-refractivity contribution >= 4 is 34.2 Å². The van der Waals surface area contributed by atoms with Crippen LogP contribution >= 0.6 is 23.2 Å². The summed E-state index contributed by atoms with van der Waals surface area (Å²) in [6, 6.07) is 14.0. The van der Waals surface area contributed by atoms with Gasteiger partial charge in [-0.2, -0.15) is 0 Å². The van der Waals surface area contributed by atoms with E-state index in [4.69, 9.17) is 28.2 Å². The van der Waals surface area contributed by atoms with Gasteiger partial charge < -0.3 is 4.57 Å². The van der Waals surface area contributed by atoms with E-state index in [0.717, 1.165) is 29.9 Å². The lowest BCUT2D eigenvalue weighted by molar-refractivity contribution is 0.526. The van der Waals surface area contributed by atoms with E-state index in [0.29, 0.717) is 10.0 Å². The molecule has 3 rings (SSSR count). The van der Waals surface area contributed by atoms with E-state index >= 15 is 0 Å². The molecule has 1 aromatic heterocycles. The van der Waals surface area contributed by atoms with Gasteiger partial charge in [0.2, 0.25) is 0 Å². The number of benzene rings is 2. The number of aromatic nitrogens is 2. The van der Waals surface area contributed by atoms with Crippen molar-refractivity contribution in [3.63, 3.8) is 0 Å². The Morgan fingerprint density at radius 1 is 0.697 bits per heavy atom. The van der Waals surface area contributed by atoms with Gasteiger partial charge in [0, 0.05) is 17.1 Å². The maximum atomic E-state index is 6.52. The van der Waals surface area contributed by atoms with E-state index in [1.165, 1.54) is 89.0 Å². The molecule has 0 saturated heterocycles. The molecular formula is C29H40Cl2N2. The molecule has 2 aromatic carbocycles. The van der Waals surface area contributed by atoms with E-state index < -0.39 is 0 Å². The second-order valence-corrected chi connectivity index (χ2v) is 10.1. The predicted molar refractivity (Wildman–Crippen MR) is 146 cm³/mol. The van der Waals surface area contributed by atoms with Crippen molar-refractivity contribution in [2.75, 3.05) is 0 Å². The highest BCUT2D eigenvalue weighted by Crippen LogP contribution is 2.32. The molecule has 0 spiro atoms. The van der Waals surface area contributed by atoms with E-state index in [1.54, 1.807) is 6.07 Å². The van der Waals surface area contributed by atoms with Crippen LogP contribution in [-0.4, -0.2) is 9.55 Å².